The second kappa shape index (κ2) is 9.89. The van der Waals surface area contributed by atoms with E-state index in [1.807, 2.05) is 81.9 Å². The summed E-state index contributed by atoms with van der Waals surface area (Å²) in [5.41, 5.74) is 1.97. The van der Waals surface area contributed by atoms with Crippen LogP contribution in [0.5, 0.6) is 0 Å². The van der Waals surface area contributed by atoms with E-state index in [0.717, 1.165) is 40.7 Å². The fraction of sp³-hybridized carbons (Fsp3) is 0.240. The van der Waals surface area contributed by atoms with Crippen LogP contribution in [0.2, 0.25) is 0 Å². The van der Waals surface area contributed by atoms with Crippen LogP contribution >= 0.6 is 23.5 Å². The van der Waals surface area contributed by atoms with Crippen LogP contribution in [0.3, 0.4) is 0 Å². The fourth-order valence-electron chi connectivity index (χ4n) is 3.85. The minimum atomic E-state index is 0.0796. The summed E-state index contributed by atoms with van der Waals surface area (Å²) in [4.78, 5) is 16.4. The van der Waals surface area contributed by atoms with Gasteiger partial charge in [-0.2, -0.15) is 0 Å². The summed E-state index contributed by atoms with van der Waals surface area (Å²) < 4.78 is 7.59. The van der Waals surface area contributed by atoms with Crippen molar-refractivity contribution >= 4 is 35.1 Å². The number of rotatable bonds is 6. The lowest BCUT2D eigenvalue weighted by atomic mass is 10.2. The van der Waals surface area contributed by atoms with Gasteiger partial charge in [-0.3, -0.25) is 9.36 Å². The van der Waals surface area contributed by atoms with E-state index in [4.69, 9.17) is 4.42 Å². The number of thioether (sulfide) groups is 2. The van der Waals surface area contributed by atoms with Gasteiger partial charge in [-0.25, -0.2) is 0 Å². The molecular formula is C25H24N4O2S2. The fourth-order valence-corrected chi connectivity index (χ4v) is 5.77. The van der Waals surface area contributed by atoms with Crippen LogP contribution < -0.4 is 4.90 Å². The van der Waals surface area contributed by atoms with Crippen molar-refractivity contribution in [3.63, 3.8) is 0 Å². The minimum Gasteiger partial charge on any atom is -0.467 e. The van der Waals surface area contributed by atoms with Gasteiger partial charge in [0.05, 0.1) is 24.2 Å². The number of para-hydroxylation sites is 1. The molecule has 33 heavy (non-hydrogen) atoms. The van der Waals surface area contributed by atoms with Crippen LogP contribution in [0, 0.1) is 0 Å². The molecule has 1 unspecified atom stereocenters. The van der Waals surface area contributed by atoms with Crippen molar-refractivity contribution in [2.24, 2.45) is 0 Å². The number of hydrogen-bond donors (Lipinski definition) is 0. The Morgan fingerprint density at radius 1 is 1.09 bits per heavy atom. The molecule has 3 heterocycles. The van der Waals surface area contributed by atoms with Gasteiger partial charge in [0.25, 0.3) is 0 Å². The zero-order valence-electron chi connectivity index (χ0n) is 18.3. The number of aromatic nitrogens is 3. The van der Waals surface area contributed by atoms with Gasteiger partial charge in [0.1, 0.15) is 5.76 Å². The van der Waals surface area contributed by atoms with Crippen LogP contribution in [0.25, 0.3) is 11.4 Å². The second-order valence-electron chi connectivity index (χ2n) is 7.86. The number of carbonyl (C=O) groups excluding carboxylic acids is 1. The first-order valence-electron chi connectivity index (χ1n) is 10.9. The van der Waals surface area contributed by atoms with Crippen LogP contribution in [0.4, 0.5) is 5.69 Å². The first-order chi connectivity index (χ1) is 16.2. The van der Waals surface area contributed by atoms with E-state index in [9.17, 15) is 4.79 Å². The summed E-state index contributed by atoms with van der Waals surface area (Å²) in [5.74, 6) is 1.94. The highest BCUT2D eigenvalue weighted by Crippen LogP contribution is 2.37. The maximum Gasteiger partial charge on any atom is 0.237 e. The summed E-state index contributed by atoms with van der Waals surface area (Å²) in [5, 5.41) is 10.0. The molecule has 0 spiro atoms. The standard InChI is InChI=1S/C25H24N4O2S2/c1-18-13-14-28(21-11-5-6-12-22(21)33-18)23(30)17-32-25-27-26-24(19-8-3-2-4-9-19)29(25)16-20-10-7-15-31-20/h2-12,15,18H,13-14,16-17H2,1H3. The molecular weight excluding hydrogens is 452 g/mol. The van der Waals surface area contributed by atoms with Crippen molar-refractivity contribution in [1.29, 1.82) is 0 Å². The second-order valence-corrected chi connectivity index (χ2v) is 10.3. The predicted octanol–water partition coefficient (Wildman–Crippen LogP) is 5.60. The molecule has 1 aliphatic rings. The number of hydrogen-bond acceptors (Lipinski definition) is 6. The average Bonchev–Trinajstić information content (AvgIpc) is 3.46. The van der Waals surface area contributed by atoms with E-state index >= 15 is 0 Å². The van der Waals surface area contributed by atoms with Gasteiger partial charge >= 0.3 is 0 Å². The first kappa shape index (κ1) is 21.9. The molecule has 1 amide bonds. The molecule has 0 saturated carbocycles. The topological polar surface area (TPSA) is 64.2 Å². The Morgan fingerprint density at radius 2 is 1.91 bits per heavy atom. The summed E-state index contributed by atoms with van der Waals surface area (Å²) in [6.07, 6.45) is 2.62. The van der Waals surface area contributed by atoms with Gasteiger partial charge in [-0.05, 0) is 30.7 Å². The zero-order chi connectivity index (χ0) is 22.6. The Balaban J connectivity index is 1.38. The molecule has 8 heteroatoms. The maximum absolute atomic E-state index is 13.3. The number of benzene rings is 2. The van der Waals surface area contributed by atoms with Crippen molar-refractivity contribution in [1.82, 2.24) is 14.8 Å². The van der Waals surface area contributed by atoms with Crippen molar-refractivity contribution in [3.8, 4) is 11.4 Å². The number of anilines is 1. The Morgan fingerprint density at radius 3 is 2.73 bits per heavy atom. The summed E-state index contributed by atoms with van der Waals surface area (Å²) in [6.45, 7) is 3.44. The quantitative estimate of drug-likeness (QED) is 0.338. The molecule has 0 fully saturated rings. The smallest absolute Gasteiger partial charge is 0.237 e. The highest BCUT2D eigenvalue weighted by molar-refractivity contribution is 8.00. The van der Waals surface area contributed by atoms with E-state index in [1.165, 1.54) is 11.8 Å². The molecule has 0 N–H and O–H groups in total. The van der Waals surface area contributed by atoms with Gasteiger partial charge in [0.2, 0.25) is 5.91 Å². The lowest BCUT2D eigenvalue weighted by molar-refractivity contribution is -0.116. The number of nitrogens with zero attached hydrogens (tertiary/aromatic N) is 4. The molecule has 1 aliphatic heterocycles. The van der Waals surface area contributed by atoms with Crippen LogP contribution in [0.1, 0.15) is 19.1 Å². The molecule has 1 atom stereocenters. The highest BCUT2D eigenvalue weighted by Gasteiger charge is 2.25. The molecule has 5 rings (SSSR count). The van der Waals surface area contributed by atoms with Crippen LogP contribution in [-0.2, 0) is 11.3 Å². The van der Waals surface area contributed by atoms with Gasteiger partial charge in [-0.1, -0.05) is 61.2 Å². The molecule has 2 aromatic carbocycles. The molecule has 0 bridgehead atoms. The predicted molar refractivity (Wildman–Crippen MR) is 133 cm³/mol. The highest BCUT2D eigenvalue weighted by atomic mass is 32.2. The lowest BCUT2D eigenvalue weighted by Crippen LogP contribution is -2.33. The maximum atomic E-state index is 13.3. The molecule has 0 radical (unpaired) electrons. The van der Waals surface area contributed by atoms with Gasteiger partial charge in [0, 0.05) is 22.3 Å². The third-order valence-corrected chi connectivity index (χ3v) is 7.70. The number of fused-ring (bicyclic) bond motifs is 1. The van der Waals surface area contributed by atoms with Crippen molar-refractivity contribution in [2.75, 3.05) is 17.2 Å². The molecule has 0 aliphatic carbocycles. The van der Waals surface area contributed by atoms with E-state index in [0.29, 0.717) is 22.7 Å². The number of furan rings is 1. The van der Waals surface area contributed by atoms with E-state index in [2.05, 4.69) is 23.2 Å². The third-order valence-electron chi connectivity index (χ3n) is 5.51. The molecule has 0 saturated heterocycles. The van der Waals surface area contributed by atoms with E-state index < -0.39 is 0 Å². The Bertz CT molecular complexity index is 1220. The van der Waals surface area contributed by atoms with Gasteiger partial charge < -0.3 is 9.32 Å². The van der Waals surface area contributed by atoms with E-state index in [-0.39, 0.29) is 5.91 Å². The number of carbonyl (C=O) groups is 1. The summed E-state index contributed by atoms with van der Waals surface area (Å²) >= 11 is 3.25. The van der Waals surface area contributed by atoms with Crippen molar-refractivity contribution in [3.05, 3.63) is 78.8 Å². The van der Waals surface area contributed by atoms with E-state index in [1.54, 1.807) is 6.26 Å². The van der Waals surface area contributed by atoms with Crippen molar-refractivity contribution < 1.29 is 9.21 Å². The molecule has 4 aromatic rings. The van der Waals surface area contributed by atoms with Gasteiger partial charge in [0.15, 0.2) is 11.0 Å². The zero-order valence-corrected chi connectivity index (χ0v) is 19.9. The molecule has 6 nitrogen and oxygen atoms in total. The Labute approximate surface area is 201 Å². The van der Waals surface area contributed by atoms with Crippen LogP contribution in [0.15, 0.2) is 87.5 Å². The monoisotopic (exact) mass is 476 g/mol. The van der Waals surface area contributed by atoms with Crippen molar-refractivity contribution in [2.45, 2.75) is 35.2 Å². The number of amides is 1. The SMILES string of the molecule is CC1CCN(C(=O)CSc2nnc(-c3ccccc3)n2Cc2ccco2)c2ccccc2S1. The Kier molecular flexibility index (Phi) is 6.55. The van der Waals surface area contributed by atoms with Gasteiger partial charge in [-0.15, -0.1) is 22.0 Å². The third kappa shape index (κ3) is 4.86. The van der Waals surface area contributed by atoms with Crippen LogP contribution in [-0.4, -0.2) is 38.2 Å². The summed E-state index contributed by atoms with van der Waals surface area (Å²) in [7, 11) is 0. The Hall–Kier alpha value is -2.97. The normalized spacial score (nSPS) is 15.8. The summed E-state index contributed by atoms with van der Waals surface area (Å²) in [6, 6.07) is 21.9. The molecule has 2 aromatic heterocycles. The minimum absolute atomic E-state index is 0.0796. The average molecular weight is 477 g/mol. The lowest BCUT2D eigenvalue weighted by Gasteiger charge is -2.22. The largest absolute Gasteiger partial charge is 0.467 e. The molecule has 168 valence electrons. The first-order valence-corrected chi connectivity index (χ1v) is 12.8.